The summed E-state index contributed by atoms with van der Waals surface area (Å²) in [5.74, 6) is 0. The van der Waals surface area contributed by atoms with Crippen molar-refractivity contribution in [1.82, 2.24) is 4.90 Å². The van der Waals surface area contributed by atoms with Gasteiger partial charge in [0.2, 0.25) is 0 Å². The van der Waals surface area contributed by atoms with Crippen LogP contribution in [0.15, 0.2) is 0 Å². The van der Waals surface area contributed by atoms with Crippen LogP contribution in [0.25, 0.3) is 0 Å². The van der Waals surface area contributed by atoms with Gasteiger partial charge in [0.05, 0.1) is 12.2 Å². The summed E-state index contributed by atoms with van der Waals surface area (Å²) in [4.78, 5) is 2.54. The van der Waals surface area contributed by atoms with Crippen molar-refractivity contribution in [3.8, 4) is 0 Å². The van der Waals surface area contributed by atoms with E-state index in [4.69, 9.17) is 10.5 Å². The van der Waals surface area contributed by atoms with Gasteiger partial charge in [-0.25, -0.2) is 0 Å². The van der Waals surface area contributed by atoms with Crippen LogP contribution in [0.3, 0.4) is 0 Å². The topological polar surface area (TPSA) is 38.5 Å². The smallest absolute Gasteiger partial charge is 0.0747 e. The van der Waals surface area contributed by atoms with Crippen molar-refractivity contribution in [3.63, 3.8) is 0 Å². The average molecular weight is 226 g/mol. The van der Waals surface area contributed by atoms with Gasteiger partial charge < -0.3 is 10.5 Å². The van der Waals surface area contributed by atoms with Gasteiger partial charge in [0, 0.05) is 19.1 Å². The van der Waals surface area contributed by atoms with Crippen LogP contribution >= 0.6 is 0 Å². The lowest BCUT2D eigenvalue weighted by molar-refractivity contribution is -0.0000281. The number of likely N-dealkylation sites (tertiary alicyclic amines) is 1. The third-order valence-corrected chi connectivity index (χ3v) is 4.11. The summed E-state index contributed by atoms with van der Waals surface area (Å²) in [5.41, 5.74) is 6.40. The molecule has 0 saturated carbocycles. The van der Waals surface area contributed by atoms with Crippen LogP contribution in [0.2, 0.25) is 0 Å². The molecule has 2 heterocycles. The van der Waals surface area contributed by atoms with E-state index in [-0.39, 0.29) is 0 Å². The van der Waals surface area contributed by atoms with Crippen molar-refractivity contribution < 1.29 is 4.74 Å². The van der Waals surface area contributed by atoms with Gasteiger partial charge in [-0.3, -0.25) is 4.90 Å². The van der Waals surface area contributed by atoms with Gasteiger partial charge in [-0.05, 0) is 38.1 Å². The lowest BCUT2D eigenvalue weighted by Crippen LogP contribution is -2.47. The predicted octanol–water partition coefficient (Wildman–Crippen LogP) is 1.61. The molecule has 0 radical (unpaired) electrons. The second-order valence-corrected chi connectivity index (χ2v) is 6.25. The fourth-order valence-corrected chi connectivity index (χ4v) is 3.09. The van der Waals surface area contributed by atoms with E-state index in [1.165, 1.54) is 32.4 Å². The van der Waals surface area contributed by atoms with Crippen molar-refractivity contribution in [2.75, 3.05) is 19.6 Å². The molecule has 3 atom stereocenters. The maximum atomic E-state index is 5.97. The molecule has 2 rings (SSSR count). The van der Waals surface area contributed by atoms with Gasteiger partial charge in [0.15, 0.2) is 0 Å². The molecule has 0 bridgehead atoms. The Labute approximate surface area is 99.3 Å². The first-order chi connectivity index (χ1) is 7.52. The zero-order valence-electron chi connectivity index (χ0n) is 10.9. The first-order valence-corrected chi connectivity index (χ1v) is 6.61. The number of ether oxygens (including phenoxy) is 1. The third kappa shape index (κ3) is 2.58. The molecular weight excluding hydrogens is 200 g/mol. The number of hydrogen-bond donors (Lipinski definition) is 1. The molecule has 94 valence electrons. The second-order valence-electron chi connectivity index (χ2n) is 6.25. The molecular formula is C13H26N2O. The van der Waals surface area contributed by atoms with Crippen molar-refractivity contribution in [1.29, 1.82) is 0 Å². The standard InChI is InChI=1S/C13H26N2O/c1-10-4-5-12(16-10)11(8-14)15-7-6-13(2,3)9-15/h10-12H,4-9,14H2,1-3H3. The molecule has 0 aromatic heterocycles. The van der Waals surface area contributed by atoms with E-state index in [2.05, 4.69) is 25.7 Å². The van der Waals surface area contributed by atoms with Crippen LogP contribution in [0.1, 0.15) is 40.0 Å². The predicted molar refractivity (Wildman–Crippen MR) is 66.4 cm³/mol. The van der Waals surface area contributed by atoms with Crippen LogP contribution in [-0.2, 0) is 4.74 Å². The summed E-state index contributed by atoms with van der Waals surface area (Å²) in [6.07, 6.45) is 4.45. The number of rotatable bonds is 3. The maximum absolute atomic E-state index is 5.97. The molecule has 2 N–H and O–H groups in total. The number of nitrogens with zero attached hydrogens (tertiary/aromatic N) is 1. The first kappa shape index (κ1) is 12.3. The SMILES string of the molecule is CC1CCC(C(CN)N2CCC(C)(C)C2)O1. The van der Waals surface area contributed by atoms with Crippen molar-refractivity contribution in [3.05, 3.63) is 0 Å². The van der Waals surface area contributed by atoms with E-state index in [9.17, 15) is 0 Å². The quantitative estimate of drug-likeness (QED) is 0.794. The van der Waals surface area contributed by atoms with E-state index in [1.807, 2.05) is 0 Å². The molecule has 16 heavy (non-hydrogen) atoms. The molecule has 0 aromatic rings. The van der Waals surface area contributed by atoms with Crippen LogP contribution in [0.4, 0.5) is 0 Å². The summed E-state index contributed by atoms with van der Waals surface area (Å²) < 4.78 is 5.97. The first-order valence-electron chi connectivity index (χ1n) is 6.61. The van der Waals surface area contributed by atoms with Gasteiger partial charge >= 0.3 is 0 Å². The van der Waals surface area contributed by atoms with Crippen LogP contribution in [0, 0.1) is 5.41 Å². The maximum Gasteiger partial charge on any atom is 0.0747 e. The summed E-state index contributed by atoms with van der Waals surface area (Å²) in [5, 5.41) is 0. The van der Waals surface area contributed by atoms with Crippen molar-refractivity contribution in [2.45, 2.75) is 58.3 Å². The molecule has 2 fully saturated rings. The fourth-order valence-electron chi connectivity index (χ4n) is 3.09. The Morgan fingerprint density at radius 2 is 2.19 bits per heavy atom. The Morgan fingerprint density at radius 3 is 2.62 bits per heavy atom. The van der Waals surface area contributed by atoms with Crippen LogP contribution in [-0.4, -0.2) is 42.8 Å². The zero-order chi connectivity index (χ0) is 11.8. The molecule has 3 unspecified atom stereocenters. The van der Waals surface area contributed by atoms with Gasteiger partial charge in [-0.2, -0.15) is 0 Å². The Hall–Kier alpha value is -0.120. The summed E-state index contributed by atoms with van der Waals surface area (Å²) in [7, 11) is 0. The Bertz CT molecular complexity index is 242. The zero-order valence-corrected chi connectivity index (χ0v) is 10.9. The molecule has 0 amide bonds. The highest BCUT2D eigenvalue weighted by Gasteiger charge is 2.38. The van der Waals surface area contributed by atoms with Crippen LogP contribution < -0.4 is 5.73 Å². The van der Waals surface area contributed by atoms with Gasteiger partial charge in [0.1, 0.15) is 0 Å². The Morgan fingerprint density at radius 1 is 1.44 bits per heavy atom. The Kier molecular flexibility index (Phi) is 3.57. The molecule has 0 aromatic carbocycles. The highest BCUT2D eigenvalue weighted by atomic mass is 16.5. The monoisotopic (exact) mass is 226 g/mol. The van der Waals surface area contributed by atoms with Crippen molar-refractivity contribution >= 4 is 0 Å². The summed E-state index contributed by atoms with van der Waals surface area (Å²) >= 11 is 0. The summed E-state index contributed by atoms with van der Waals surface area (Å²) in [6.45, 7) is 9.94. The highest BCUT2D eigenvalue weighted by Crippen LogP contribution is 2.33. The molecule has 0 aliphatic carbocycles. The second kappa shape index (κ2) is 4.63. The highest BCUT2D eigenvalue weighted by molar-refractivity contribution is 4.92. The van der Waals surface area contributed by atoms with Gasteiger partial charge in [0.25, 0.3) is 0 Å². The number of nitrogens with two attached hydrogens (primary N) is 1. The van der Waals surface area contributed by atoms with E-state index >= 15 is 0 Å². The normalized spacial score (nSPS) is 36.8. The van der Waals surface area contributed by atoms with Gasteiger partial charge in [-0.1, -0.05) is 13.8 Å². The number of hydrogen-bond acceptors (Lipinski definition) is 3. The minimum atomic E-state index is 0.369. The molecule has 3 heteroatoms. The van der Waals surface area contributed by atoms with E-state index in [0.717, 1.165) is 6.54 Å². The largest absolute Gasteiger partial charge is 0.374 e. The molecule has 2 saturated heterocycles. The van der Waals surface area contributed by atoms with Gasteiger partial charge in [-0.15, -0.1) is 0 Å². The minimum absolute atomic E-state index is 0.369. The van der Waals surface area contributed by atoms with Crippen molar-refractivity contribution in [2.24, 2.45) is 11.1 Å². The summed E-state index contributed by atoms with van der Waals surface area (Å²) in [6, 6.07) is 0.437. The van der Waals surface area contributed by atoms with E-state index in [1.54, 1.807) is 0 Å². The molecule has 2 aliphatic heterocycles. The van der Waals surface area contributed by atoms with E-state index < -0.39 is 0 Å². The van der Waals surface area contributed by atoms with Crippen LogP contribution in [0.5, 0.6) is 0 Å². The Balaban J connectivity index is 1.95. The molecule has 3 nitrogen and oxygen atoms in total. The lowest BCUT2D eigenvalue weighted by Gasteiger charge is -2.32. The molecule has 2 aliphatic rings. The minimum Gasteiger partial charge on any atom is -0.374 e. The van der Waals surface area contributed by atoms with E-state index in [0.29, 0.717) is 23.7 Å². The lowest BCUT2D eigenvalue weighted by atomic mass is 9.93. The fraction of sp³-hybridized carbons (Fsp3) is 1.00. The average Bonchev–Trinajstić information content (AvgIpc) is 2.75. The molecule has 0 spiro atoms. The third-order valence-electron chi connectivity index (χ3n) is 4.11.